The fraction of sp³-hybridized carbons (Fsp3) is 0.941. The van der Waals surface area contributed by atoms with E-state index in [1.807, 2.05) is 0 Å². The predicted molar refractivity (Wildman–Crippen MR) is 80.1 cm³/mol. The van der Waals surface area contributed by atoms with Crippen LogP contribution in [0.3, 0.4) is 0 Å². The van der Waals surface area contributed by atoms with E-state index in [1.54, 1.807) is 0 Å². The molecule has 0 amide bonds. The molecule has 2 rings (SSSR count). The second-order valence-electron chi connectivity index (χ2n) is 7.82. The summed E-state index contributed by atoms with van der Waals surface area (Å²) in [7, 11) is 0. The third kappa shape index (κ3) is 3.81. The lowest BCUT2D eigenvalue weighted by Gasteiger charge is -2.38. The van der Waals surface area contributed by atoms with E-state index in [9.17, 15) is 4.79 Å². The molecule has 1 aliphatic heterocycles. The molecule has 0 bridgehead atoms. The summed E-state index contributed by atoms with van der Waals surface area (Å²) in [4.78, 5) is 14.7. The average Bonchev–Trinajstić information content (AvgIpc) is 2.78. The molecule has 0 aromatic carbocycles. The molecule has 2 heteroatoms. The number of carbonyl (C=O) groups excluding carboxylic acids is 1. The van der Waals surface area contributed by atoms with Gasteiger partial charge in [0.05, 0.1) is 0 Å². The topological polar surface area (TPSA) is 20.3 Å². The number of rotatable bonds is 3. The highest BCUT2D eigenvalue weighted by Gasteiger charge is 2.36. The maximum absolute atomic E-state index is 12.2. The zero-order chi connectivity index (χ0) is 14.0. The van der Waals surface area contributed by atoms with Gasteiger partial charge < -0.3 is 4.90 Å². The Labute approximate surface area is 118 Å². The van der Waals surface area contributed by atoms with Crippen LogP contribution in [0.2, 0.25) is 0 Å². The molecule has 0 aromatic rings. The van der Waals surface area contributed by atoms with Crippen LogP contribution >= 0.6 is 0 Å². The number of hydrogen-bond donors (Lipinski definition) is 0. The van der Waals surface area contributed by atoms with Gasteiger partial charge in [-0.25, -0.2) is 0 Å². The molecule has 110 valence electrons. The average molecular weight is 265 g/mol. The summed E-state index contributed by atoms with van der Waals surface area (Å²) in [5.41, 5.74) is 0.357. The van der Waals surface area contributed by atoms with Gasteiger partial charge in [-0.2, -0.15) is 0 Å². The molecule has 2 fully saturated rings. The van der Waals surface area contributed by atoms with Crippen LogP contribution in [0.15, 0.2) is 0 Å². The number of Topliss-reactive ketones (excluding diaryl/α,β-unsaturated/α-hetero) is 1. The van der Waals surface area contributed by atoms with Crippen molar-refractivity contribution in [2.75, 3.05) is 19.6 Å². The van der Waals surface area contributed by atoms with E-state index in [1.165, 1.54) is 25.9 Å². The van der Waals surface area contributed by atoms with Gasteiger partial charge in [-0.3, -0.25) is 4.79 Å². The number of carbonyl (C=O) groups is 1. The SMILES string of the molecule is CCC1CCN(CC2CC(C(C)(C)C)CCC2=O)C1. The Balaban J connectivity index is 1.89. The van der Waals surface area contributed by atoms with Crippen LogP contribution in [0.25, 0.3) is 0 Å². The second kappa shape index (κ2) is 5.95. The quantitative estimate of drug-likeness (QED) is 0.774. The smallest absolute Gasteiger partial charge is 0.137 e. The summed E-state index contributed by atoms with van der Waals surface area (Å²) >= 11 is 0. The van der Waals surface area contributed by atoms with E-state index < -0.39 is 0 Å². The maximum atomic E-state index is 12.2. The molecule has 0 aromatic heterocycles. The van der Waals surface area contributed by atoms with Crippen molar-refractivity contribution >= 4 is 5.78 Å². The van der Waals surface area contributed by atoms with Gasteiger partial charge in [0, 0.05) is 25.4 Å². The van der Waals surface area contributed by atoms with Crippen LogP contribution in [-0.2, 0) is 4.79 Å². The fourth-order valence-corrected chi connectivity index (χ4v) is 3.80. The van der Waals surface area contributed by atoms with Crippen LogP contribution < -0.4 is 0 Å². The Morgan fingerprint density at radius 2 is 2.00 bits per heavy atom. The summed E-state index contributed by atoms with van der Waals surface area (Å²) in [6, 6.07) is 0. The normalized spacial score (nSPS) is 33.9. The Morgan fingerprint density at radius 1 is 1.26 bits per heavy atom. The summed E-state index contributed by atoms with van der Waals surface area (Å²) in [6.07, 6.45) is 5.67. The second-order valence-corrected chi connectivity index (χ2v) is 7.82. The summed E-state index contributed by atoms with van der Waals surface area (Å²) in [5.74, 6) is 2.44. The van der Waals surface area contributed by atoms with Gasteiger partial charge >= 0.3 is 0 Å². The first-order valence-electron chi connectivity index (χ1n) is 8.15. The van der Waals surface area contributed by atoms with E-state index in [0.717, 1.165) is 37.6 Å². The van der Waals surface area contributed by atoms with Crippen LogP contribution in [0.1, 0.15) is 59.8 Å². The third-order valence-electron chi connectivity index (χ3n) is 5.41. The number of hydrogen-bond acceptors (Lipinski definition) is 2. The van der Waals surface area contributed by atoms with Crippen molar-refractivity contribution in [3.8, 4) is 0 Å². The van der Waals surface area contributed by atoms with Crippen LogP contribution in [0.5, 0.6) is 0 Å². The van der Waals surface area contributed by atoms with Crippen molar-refractivity contribution in [1.29, 1.82) is 0 Å². The van der Waals surface area contributed by atoms with Gasteiger partial charge in [-0.15, -0.1) is 0 Å². The molecule has 3 unspecified atom stereocenters. The zero-order valence-electron chi connectivity index (χ0n) is 13.2. The lowest BCUT2D eigenvalue weighted by molar-refractivity contribution is -0.127. The highest BCUT2D eigenvalue weighted by Crippen LogP contribution is 2.39. The standard InChI is InChI=1S/C17H31NO/c1-5-13-8-9-18(11-13)12-14-10-15(17(2,3)4)6-7-16(14)19/h13-15H,5-12H2,1-4H3. The first-order chi connectivity index (χ1) is 8.90. The molecule has 0 spiro atoms. The van der Waals surface area contributed by atoms with Gasteiger partial charge in [-0.1, -0.05) is 34.1 Å². The van der Waals surface area contributed by atoms with Crippen molar-refractivity contribution in [2.24, 2.45) is 23.2 Å². The Morgan fingerprint density at radius 3 is 2.58 bits per heavy atom. The highest BCUT2D eigenvalue weighted by atomic mass is 16.1. The monoisotopic (exact) mass is 265 g/mol. The van der Waals surface area contributed by atoms with E-state index in [0.29, 0.717) is 17.1 Å². The zero-order valence-corrected chi connectivity index (χ0v) is 13.2. The molecule has 2 aliphatic rings. The fourth-order valence-electron chi connectivity index (χ4n) is 3.80. The minimum atomic E-state index is 0.314. The molecule has 2 nitrogen and oxygen atoms in total. The molecule has 1 saturated heterocycles. The molecular weight excluding hydrogens is 234 g/mol. The van der Waals surface area contributed by atoms with Gasteiger partial charge in [0.1, 0.15) is 5.78 Å². The Hall–Kier alpha value is -0.370. The van der Waals surface area contributed by atoms with E-state index >= 15 is 0 Å². The molecule has 1 saturated carbocycles. The summed E-state index contributed by atoms with van der Waals surface area (Å²) < 4.78 is 0. The van der Waals surface area contributed by atoms with E-state index in [2.05, 4.69) is 32.6 Å². The van der Waals surface area contributed by atoms with Crippen LogP contribution in [0, 0.1) is 23.2 Å². The first-order valence-corrected chi connectivity index (χ1v) is 8.15. The van der Waals surface area contributed by atoms with Gasteiger partial charge in [0.2, 0.25) is 0 Å². The molecule has 0 N–H and O–H groups in total. The van der Waals surface area contributed by atoms with Crippen molar-refractivity contribution in [2.45, 2.75) is 59.8 Å². The Bertz CT molecular complexity index is 318. The number of nitrogens with zero attached hydrogens (tertiary/aromatic N) is 1. The van der Waals surface area contributed by atoms with Crippen molar-refractivity contribution in [1.82, 2.24) is 4.90 Å². The number of ketones is 1. The van der Waals surface area contributed by atoms with E-state index in [-0.39, 0.29) is 0 Å². The molecule has 3 atom stereocenters. The Kier molecular flexibility index (Phi) is 4.70. The molecular formula is C17H31NO. The maximum Gasteiger partial charge on any atom is 0.137 e. The number of likely N-dealkylation sites (tertiary alicyclic amines) is 1. The summed E-state index contributed by atoms with van der Waals surface area (Å²) in [6.45, 7) is 12.7. The summed E-state index contributed by atoms with van der Waals surface area (Å²) in [5, 5.41) is 0. The minimum Gasteiger partial charge on any atom is -0.302 e. The van der Waals surface area contributed by atoms with Crippen LogP contribution in [-0.4, -0.2) is 30.3 Å². The lowest BCUT2D eigenvalue weighted by Crippen LogP contribution is -2.38. The molecule has 19 heavy (non-hydrogen) atoms. The first kappa shape index (κ1) is 15.0. The minimum absolute atomic E-state index is 0.314. The van der Waals surface area contributed by atoms with Gasteiger partial charge in [0.15, 0.2) is 0 Å². The molecule has 1 heterocycles. The van der Waals surface area contributed by atoms with Crippen molar-refractivity contribution < 1.29 is 4.79 Å². The van der Waals surface area contributed by atoms with Gasteiger partial charge in [0.25, 0.3) is 0 Å². The van der Waals surface area contributed by atoms with Crippen molar-refractivity contribution in [3.63, 3.8) is 0 Å². The lowest BCUT2D eigenvalue weighted by atomic mass is 9.68. The largest absolute Gasteiger partial charge is 0.302 e. The van der Waals surface area contributed by atoms with Crippen molar-refractivity contribution in [3.05, 3.63) is 0 Å². The highest BCUT2D eigenvalue weighted by molar-refractivity contribution is 5.82. The third-order valence-corrected chi connectivity index (χ3v) is 5.41. The van der Waals surface area contributed by atoms with Crippen LogP contribution in [0.4, 0.5) is 0 Å². The molecule has 0 radical (unpaired) electrons. The predicted octanol–water partition coefficient (Wildman–Crippen LogP) is 3.75. The van der Waals surface area contributed by atoms with E-state index in [4.69, 9.17) is 0 Å². The van der Waals surface area contributed by atoms with Gasteiger partial charge in [-0.05, 0) is 43.1 Å². The molecule has 1 aliphatic carbocycles.